The molecule has 6 rings (SSSR count). The molecule has 316 valence electrons. The number of ether oxygens (including phenoxy) is 3. The summed E-state index contributed by atoms with van der Waals surface area (Å²) in [6.45, 7) is 9.33. The van der Waals surface area contributed by atoms with Gasteiger partial charge in [-0.2, -0.15) is 0 Å². The van der Waals surface area contributed by atoms with Crippen molar-refractivity contribution in [2.75, 3.05) is 65.7 Å². The number of carbonyl (C=O) groups is 5. The average Bonchev–Trinajstić information content (AvgIpc) is 3.81. The van der Waals surface area contributed by atoms with Crippen LogP contribution in [0.5, 0.6) is 0 Å². The second-order valence-electron chi connectivity index (χ2n) is 15.2. The zero-order valence-corrected chi connectivity index (χ0v) is 33.7. The number of nitrogens with one attached hydrogen (secondary N) is 1. The van der Waals surface area contributed by atoms with Crippen LogP contribution in [0.15, 0.2) is 36.4 Å². The van der Waals surface area contributed by atoms with Gasteiger partial charge in [0.15, 0.2) is 11.6 Å². The highest BCUT2D eigenvalue weighted by molar-refractivity contribution is 6.02. The highest BCUT2D eigenvalue weighted by Crippen LogP contribution is 2.35. The Balaban J connectivity index is 0.000000303. The quantitative estimate of drug-likeness (QED) is 0.290. The maximum Gasteiger partial charge on any atom is 0.410 e. The number of benzene rings is 2. The van der Waals surface area contributed by atoms with E-state index >= 15 is 0 Å². The molecule has 4 saturated heterocycles. The van der Waals surface area contributed by atoms with E-state index in [1.54, 1.807) is 30.6 Å². The molecule has 0 saturated carbocycles. The van der Waals surface area contributed by atoms with Gasteiger partial charge in [0.1, 0.15) is 28.9 Å². The Morgan fingerprint density at radius 2 is 1.12 bits per heavy atom. The fourth-order valence-corrected chi connectivity index (χ4v) is 7.15. The van der Waals surface area contributed by atoms with E-state index in [0.29, 0.717) is 76.7 Å². The third-order valence-corrected chi connectivity index (χ3v) is 9.91. The molecule has 4 aliphatic rings. The van der Waals surface area contributed by atoms with E-state index in [1.165, 1.54) is 29.2 Å². The Morgan fingerprint density at radius 3 is 1.58 bits per heavy atom. The SMILES string of the molecule is CC(C)(C)OC(=O)N1C[C@H](c2cc(F)cc(F)c2)CC1C(=O)CC(=O)N1CCOCC1.Cl.Cl.O=C(CC(=O)N1CCOCC1)C1C[C@@H](c2cc(F)cc(F)c2)CN1. The predicted molar refractivity (Wildman–Crippen MR) is 204 cm³/mol. The lowest BCUT2D eigenvalue weighted by molar-refractivity contribution is -0.140. The number of ketones is 2. The first-order valence-corrected chi connectivity index (χ1v) is 18.5. The van der Waals surface area contributed by atoms with Crippen molar-refractivity contribution in [2.45, 2.75) is 76.0 Å². The van der Waals surface area contributed by atoms with Crippen molar-refractivity contribution in [3.8, 4) is 0 Å². The van der Waals surface area contributed by atoms with Crippen LogP contribution < -0.4 is 5.32 Å². The maximum atomic E-state index is 13.7. The molecule has 12 nitrogen and oxygen atoms in total. The summed E-state index contributed by atoms with van der Waals surface area (Å²) in [7, 11) is 0. The van der Waals surface area contributed by atoms with Crippen LogP contribution in [0.25, 0.3) is 0 Å². The van der Waals surface area contributed by atoms with E-state index in [9.17, 15) is 41.5 Å². The standard InChI is InChI=1S/C22H28F2N2O5.C17H20F2N2O3.2ClH/c1-22(2,3)31-21(29)26-13-15(14-8-16(23)11-17(24)9-14)10-18(26)19(27)12-20(28)25-4-6-30-7-5-25;18-13-5-11(6-14(19)8-13)12-7-15(20-10-12)16(22)9-17(23)21-1-3-24-4-2-21;;/h8-9,11,15,18H,4-7,10,12-13H2,1-3H3;5-6,8,12,15,20H,1-4,7,9-10H2;2*1H/t15-,18?;12-,15?;;/m11../s1. The largest absolute Gasteiger partial charge is 0.444 e. The van der Waals surface area contributed by atoms with Crippen LogP contribution in [0.2, 0.25) is 0 Å². The normalized spacial score (nSPS) is 22.1. The number of likely N-dealkylation sites (tertiary alicyclic amines) is 1. The minimum Gasteiger partial charge on any atom is -0.444 e. The lowest BCUT2D eigenvalue weighted by Crippen LogP contribution is -2.46. The Labute approximate surface area is 341 Å². The van der Waals surface area contributed by atoms with Gasteiger partial charge in [0.2, 0.25) is 11.8 Å². The van der Waals surface area contributed by atoms with Gasteiger partial charge in [-0.15, -0.1) is 24.8 Å². The zero-order valence-electron chi connectivity index (χ0n) is 32.1. The van der Waals surface area contributed by atoms with Gasteiger partial charge in [-0.25, -0.2) is 22.4 Å². The molecule has 57 heavy (non-hydrogen) atoms. The van der Waals surface area contributed by atoms with Crippen molar-refractivity contribution in [3.05, 3.63) is 70.8 Å². The fourth-order valence-electron chi connectivity index (χ4n) is 7.15. The van der Waals surface area contributed by atoms with Crippen LogP contribution in [0.1, 0.15) is 69.4 Å². The number of Topliss-reactive ketones (excluding diaryl/α,β-unsaturated/α-hetero) is 2. The summed E-state index contributed by atoms with van der Waals surface area (Å²) < 4.78 is 69.9. The Morgan fingerprint density at radius 1 is 0.684 bits per heavy atom. The molecule has 0 radical (unpaired) electrons. The minimum absolute atomic E-state index is 0. The van der Waals surface area contributed by atoms with Crippen molar-refractivity contribution < 1.29 is 55.7 Å². The molecule has 4 fully saturated rings. The Bertz CT molecular complexity index is 1700. The number of morpholine rings is 2. The third-order valence-electron chi connectivity index (χ3n) is 9.91. The molecule has 0 bridgehead atoms. The van der Waals surface area contributed by atoms with E-state index in [1.807, 2.05) is 0 Å². The van der Waals surface area contributed by atoms with Crippen LogP contribution in [-0.4, -0.2) is 128 Å². The second-order valence-corrected chi connectivity index (χ2v) is 15.2. The van der Waals surface area contributed by atoms with Crippen molar-refractivity contribution in [1.82, 2.24) is 20.0 Å². The van der Waals surface area contributed by atoms with Crippen LogP contribution in [-0.2, 0) is 33.4 Å². The van der Waals surface area contributed by atoms with Gasteiger partial charge in [0.25, 0.3) is 0 Å². The lowest BCUT2D eigenvalue weighted by atomic mass is 9.94. The molecule has 0 spiro atoms. The number of hydrogen-bond acceptors (Lipinski definition) is 9. The summed E-state index contributed by atoms with van der Waals surface area (Å²) in [5.74, 6) is -4.39. The minimum atomic E-state index is -0.906. The summed E-state index contributed by atoms with van der Waals surface area (Å²) in [6.07, 6.45) is -0.588. The molecule has 4 heterocycles. The van der Waals surface area contributed by atoms with Crippen LogP contribution >= 0.6 is 24.8 Å². The zero-order chi connectivity index (χ0) is 39.9. The topological polar surface area (TPSA) is 135 Å². The average molecular weight is 850 g/mol. The smallest absolute Gasteiger partial charge is 0.410 e. The summed E-state index contributed by atoms with van der Waals surface area (Å²) in [4.78, 5) is 67.2. The molecule has 3 amide bonds. The van der Waals surface area contributed by atoms with Crippen LogP contribution in [0, 0.1) is 23.3 Å². The van der Waals surface area contributed by atoms with Gasteiger partial charge < -0.3 is 29.3 Å². The molecular formula is C39H50Cl2F4N4O8. The molecule has 0 aliphatic carbocycles. The van der Waals surface area contributed by atoms with E-state index in [-0.39, 0.29) is 74.1 Å². The number of amides is 3. The molecule has 18 heteroatoms. The number of hydrogen-bond donors (Lipinski definition) is 1. The number of carbonyl (C=O) groups excluding carboxylic acids is 5. The van der Waals surface area contributed by atoms with Crippen LogP contribution in [0.3, 0.4) is 0 Å². The van der Waals surface area contributed by atoms with Gasteiger partial charge >= 0.3 is 6.09 Å². The highest BCUT2D eigenvalue weighted by Gasteiger charge is 2.43. The molecule has 2 aromatic carbocycles. The van der Waals surface area contributed by atoms with Crippen molar-refractivity contribution in [2.24, 2.45) is 0 Å². The molecule has 4 aliphatic heterocycles. The maximum absolute atomic E-state index is 13.7. The molecule has 2 unspecified atom stereocenters. The molecule has 4 atom stereocenters. The number of nitrogens with zero attached hydrogens (tertiary/aromatic N) is 3. The summed E-state index contributed by atoms with van der Waals surface area (Å²) in [6, 6.07) is 5.23. The Hall–Kier alpha value is -3.83. The van der Waals surface area contributed by atoms with E-state index in [2.05, 4.69) is 5.32 Å². The van der Waals surface area contributed by atoms with E-state index in [4.69, 9.17) is 14.2 Å². The summed E-state index contributed by atoms with van der Waals surface area (Å²) >= 11 is 0. The first kappa shape index (κ1) is 47.5. The van der Waals surface area contributed by atoms with E-state index in [0.717, 1.165) is 12.1 Å². The highest BCUT2D eigenvalue weighted by atomic mass is 35.5. The monoisotopic (exact) mass is 848 g/mol. The van der Waals surface area contributed by atoms with Crippen molar-refractivity contribution >= 4 is 54.3 Å². The lowest BCUT2D eigenvalue weighted by Gasteiger charge is -2.29. The van der Waals surface area contributed by atoms with Gasteiger partial charge in [0.05, 0.1) is 51.4 Å². The van der Waals surface area contributed by atoms with Crippen molar-refractivity contribution in [3.63, 3.8) is 0 Å². The number of halogens is 6. The molecular weight excluding hydrogens is 799 g/mol. The van der Waals surface area contributed by atoms with Gasteiger partial charge in [0, 0.05) is 57.3 Å². The fraction of sp³-hybridized carbons (Fsp3) is 0.564. The second kappa shape index (κ2) is 21.3. The van der Waals surface area contributed by atoms with Gasteiger partial charge in [-0.05, 0) is 74.9 Å². The number of rotatable bonds is 8. The molecule has 2 aromatic rings. The first-order chi connectivity index (χ1) is 26.1. The van der Waals surface area contributed by atoms with Gasteiger partial charge in [-0.1, -0.05) is 0 Å². The summed E-state index contributed by atoms with van der Waals surface area (Å²) in [5.41, 5.74) is 0.118. The Kier molecular flexibility index (Phi) is 17.7. The molecule has 0 aromatic heterocycles. The summed E-state index contributed by atoms with van der Waals surface area (Å²) in [5, 5.41) is 3.06. The van der Waals surface area contributed by atoms with Crippen LogP contribution in [0.4, 0.5) is 22.4 Å². The van der Waals surface area contributed by atoms with Crippen molar-refractivity contribution in [1.29, 1.82) is 0 Å². The van der Waals surface area contributed by atoms with Gasteiger partial charge in [-0.3, -0.25) is 24.1 Å². The molecule has 1 N–H and O–H groups in total. The predicted octanol–water partition coefficient (Wildman–Crippen LogP) is 4.95. The first-order valence-electron chi connectivity index (χ1n) is 18.5. The van der Waals surface area contributed by atoms with E-state index < -0.39 is 58.7 Å². The third kappa shape index (κ3) is 13.6.